The molecule has 10 heteroatoms. The zero-order valence-corrected chi connectivity index (χ0v) is 18.4. The van der Waals surface area contributed by atoms with Gasteiger partial charge in [0.2, 0.25) is 0 Å². The number of ketones is 1. The third kappa shape index (κ3) is 4.17. The van der Waals surface area contributed by atoms with E-state index in [9.17, 15) is 9.90 Å². The summed E-state index contributed by atoms with van der Waals surface area (Å²) in [7, 11) is 0. The number of hydrogen-bond donors (Lipinski definition) is 1. The molecule has 3 aliphatic rings. The Hall–Kier alpha value is -2.69. The van der Waals surface area contributed by atoms with Gasteiger partial charge in [0.1, 0.15) is 6.33 Å². The van der Waals surface area contributed by atoms with E-state index in [1.54, 1.807) is 12.3 Å². The molecule has 1 N–H and O–H groups in total. The molecule has 1 spiro atoms. The molecule has 5 rings (SSSR count). The summed E-state index contributed by atoms with van der Waals surface area (Å²) in [5.41, 5.74) is 2.76. The molecule has 0 amide bonds. The Morgan fingerprint density at radius 3 is 2.72 bits per heavy atom. The molecular weight excluding hydrogens is 410 g/mol. The van der Waals surface area contributed by atoms with Crippen LogP contribution in [0.5, 0.6) is 0 Å². The van der Waals surface area contributed by atoms with Crippen LogP contribution in [0.2, 0.25) is 0 Å². The van der Waals surface area contributed by atoms with Gasteiger partial charge in [-0.2, -0.15) is 4.68 Å². The van der Waals surface area contributed by atoms with Crippen LogP contribution in [0.1, 0.15) is 44.3 Å². The first-order valence-electron chi connectivity index (χ1n) is 11.2. The van der Waals surface area contributed by atoms with Gasteiger partial charge in [0, 0.05) is 62.2 Å². The van der Waals surface area contributed by atoms with Crippen LogP contribution < -0.4 is 0 Å². The maximum atomic E-state index is 12.0. The molecular formula is C22H29N7O3. The molecule has 0 radical (unpaired) electrons. The fourth-order valence-corrected chi connectivity index (χ4v) is 5.03. The summed E-state index contributed by atoms with van der Waals surface area (Å²) in [4.78, 5) is 21.0. The number of allylic oxidation sites excluding steroid dienone is 2. The number of aliphatic hydroxyl groups excluding tert-OH is 1. The molecule has 32 heavy (non-hydrogen) atoms. The molecule has 2 fully saturated rings. The summed E-state index contributed by atoms with van der Waals surface area (Å²) in [6.45, 7) is 6.68. The number of aliphatic hydroxyl groups is 1. The molecule has 1 atom stereocenters. The number of ether oxygens (including phenoxy) is 1. The van der Waals surface area contributed by atoms with E-state index in [4.69, 9.17) is 4.74 Å². The lowest BCUT2D eigenvalue weighted by Gasteiger charge is -2.48. The summed E-state index contributed by atoms with van der Waals surface area (Å²) in [5, 5.41) is 21.8. The van der Waals surface area contributed by atoms with Crippen LogP contribution in [0.4, 0.5) is 0 Å². The van der Waals surface area contributed by atoms with E-state index in [0.29, 0.717) is 25.4 Å². The number of hydrogen-bond acceptors (Lipinski definition) is 9. The lowest BCUT2D eigenvalue weighted by molar-refractivity contribution is -0.131. The Kier molecular flexibility index (Phi) is 5.75. The molecule has 2 aliphatic heterocycles. The number of carbonyl (C=O) groups excluding carboxylic acids is 1. The minimum Gasteiger partial charge on any atom is -0.387 e. The van der Waals surface area contributed by atoms with E-state index < -0.39 is 6.10 Å². The Morgan fingerprint density at radius 1 is 1.22 bits per heavy atom. The molecule has 10 nitrogen and oxygen atoms in total. The molecule has 0 bridgehead atoms. The number of aromatic nitrogens is 5. The third-order valence-corrected chi connectivity index (χ3v) is 7.01. The summed E-state index contributed by atoms with van der Waals surface area (Å²) in [6.07, 6.45) is 5.90. The van der Waals surface area contributed by atoms with Gasteiger partial charge in [0.25, 0.3) is 0 Å². The van der Waals surface area contributed by atoms with Gasteiger partial charge in [-0.25, -0.2) is 4.98 Å². The highest BCUT2D eigenvalue weighted by molar-refractivity contribution is 5.97. The van der Waals surface area contributed by atoms with Gasteiger partial charge >= 0.3 is 0 Å². The number of pyridine rings is 1. The fraction of sp³-hybridized carbons (Fsp3) is 0.591. The molecule has 2 aromatic rings. The summed E-state index contributed by atoms with van der Waals surface area (Å²) in [5.74, 6) is 0.893. The SMILES string of the molecule is CC1=C(N2CCOC3(CCN(C[C@H](O)c4ccc(-n5cnnn5)nc4)CC3)C2)CCC1=O. The topological polar surface area (TPSA) is 110 Å². The van der Waals surface area contributed by atoms with Crippen LogP contribution >= 0.6 is 0 Å². The van der Waals surface area contributed by atoms with Crippen molar-refractivity contribution >= 4 is 5.78 Å². The van der Waals surface area contributed by atoms with Crippen molar-refractivity contribution in [3.05, 3.63) is 41.5 Å². The maximum absolute atomic E-state index is 12.0. The number of tetrazole rings is 1. The van der Waals surface area contributed by atoms with E-state index in [-0.39, 0.29) is 11.4 Å². The first-order valence-corrected chi connectivity index (χ1v) is 11.2. The van der Waals surface area contributed by atoms with E-state index in [1.165, 1.54) is 16.7 Å². The van der Waals surface area contributed by atoms with Gasteiger partial charge in [-0.1, -0.05) is 6.07 Å². The predicted octanol–water partition coefficient (Wildman–Crippen LogP) is 0.894. The first kappa shape index (κ1) is 21.2. The molecule has 0 unspecified atom stereocenters. The van der Waals surface area contributed by atoms with E-state index in [0.717, 1.165) is 56.6 Å². The summed E-state index contributed by atoms with van der Waals surface area (Å²) in [6, 6.07) is 3.66. The van der Waals surface area contributed by atoms with Crippen molar-refractivity contribution in [3.8, 4) is 5.82 Å². The Morgan fingerprint density at radius 2 is 2.06 bits per heavy atom. The Bertz CT molecular complexity index is 981. The van der Waals surface area contributed by atoms with Gasteiger partial charge in [-0.3, -0.25) is 4.79 Å². The van der Waals surface area contributed by atoms with Crippen LogP contribution in [0.25, 0.3) is 5.82 Å². The molecule has 4 heterocycles. The number of β-amino-alcohol motifs (C(OH)–C–C–N with tert-alkyl or cyclic N) is 1. The second kappa shape index (κ2) is 8.68. The largest absolute Gasteiger partial charge is 0.387 e. The quantitative estimate of drug-likeness (QED) is 0.726. The number of rotatable bonds is 5. The smallest absolute Gasteiger partial charge is 0.160 e. The summed E-state index contributed by atoms with van der Waals surface area (Å²) >= 11 is 0. The van der Waals surface area contributed by atoms with Crippen LogP contribution in [-0.2, 0) is 9.53 Å². The van der Waals surface area contributed by atoms with Crippen molar-refractivity contribution in [2.24, 2.45) is 0 Å². The lowest BCUT2D eigenvalue weighted by atomic mass is 9.88. The minimum absolute atomic E-state index is 0.159. The van der Waals surface area contributed by atoms with Crippen LogP contribution in [0.15, 0.2) is 35.9 Å². The number of Topliss-reactive ketones (excluding diaryl/α,β-unsaturated/α-hetero) is 1. The Balaban J connectivity index is 1.16. The average molecular weight is 440 g/mol. The highest BCUT2D eigenvalue weighted by atomic mass is 16.5. The van der Waals surface area contributed by atoms with Crippen molar-refractivity contribution in [1.29, 1.82) is 0 Å². The van der Waals surface area contributed by atoms with Crippen molar-refractivity contribution in [1.82, 2.24) is 35.0 Å². The van der Waals surface area contributed by atoms with Crippen molar-refractivity contribution in [2.45, 2.75) is 44.3 Å². The Labute approximate surface area is 186 Å². The van der Waals surface area contributed by atoms with Gasteiger partial charge in [-0.05, 0) is 42.7 Å². The van der Waals surface area contributed by atoms with Gasteiger partial charge in [-0.15, -0.1) is 5.10 Å². The van der Waals surface area contributed by atoms with Crippen molar-refractivity contribution in [3.63, 3.8) is 0 Å². The monoisotopic (exact) mass is 439 g/mol. The van der Waals surface area contributed by atoms with Gasteiger partial charge in [0.15, 0.2) is 11.6 Å². The van der Waals surface area contributed by atoms with Gasteiger partial charge in [0.05, 0.1) is 18.3 Å². The molecule has 1 aliphatic carbocycles. The van der Waals surface area contributed by atoms with Crippen LogP contribution in [-0.4, -0.2) is 90.8 Å². The minimum atomic E-state index is -0.611. The molecule has 0 saturated carbocycles. The molecule has 170 valence electrons. The normalized spacial score (nSPS) is 22.7. The second-order valence-corrected chi connectivity index (χ2v) is 8.97. The number of likely N-dealkylation sites (tertiary alicyclic amines) is 1. The molecule has 2 saturated heterocycles. The highest BCUT2D eigenvalue weighted by Gasteiger charge is 2.41. The van der Waals surface area contributed by atoms with Gasteiger partial charge < -0.3 is 19.6 Å². The maximum Gasteiger partial charge on any atom is 0.160 e. The standard InChI is InChI=1S/C22H29N7O3/c1-16-18(3-4-19(16)30)28-10-11-32-22(14-28)6-8-27(9-7-22)13-20(31)17-2-5-21(23-12-17)29-15-24-25-26-29/h2,5,12,15,20,31H,3-4,6-11,13-14H2,1H3/t20-/m0/s1. The molecule has 2 aromatic heterocycles. The van der Waals surface area contributed by atoms with Crippen molar-refractivity contribution < 1.29 is 14.6 Å². The van der Waals surface area contributed by atoms with Crippen molar-refractivity contribution in [2.75, 3.05) is 39.3 Å². The predicted molar refractivity (Wildman–Crippen MR) is 115 cm³/mol. The number of nitrogens with zero attached hydrogens (tertiary/aromatic N) is 7. The zero-order chi connectivity index (χ0) is 22.1. The highest BCUT2D eigenvalue weighted by Crippen LogP contribution is 2.35. The lowest BCUT2D eigenvalue weighted by Crippen LogP contribution is -2.56. The van der Waals surface area contributed by atoms with E-state index in [1.807, 2.05) is 13.0 Å². The third-order valence-electron chi connectivity index (χ3n) is 7.01. The molecule has 0 aromatic carbocycles. The van der Waals surface area contributed by atoms with Crippen LogP contribution in [0.3, 0.4) is 0 Å². The number of piperidine rings is 1. The van der Waals surface area contributed by atoms with E-state index >= 15 is 0 Å². The number of carbonyl (C=O) groups is 1. The average Bonchev–Trinajstić information content (AvgIpc) is 3.46. The second-order valence-electron chi connectivity index (χ2n) is 8.97. The number of morpholine rings is 1. The van der Waals surface area contributed by atoms with E-state index in [2.05, 4.69) is 30.3 Å². The fourth-order valence-electron chi connectivity index (χ4n) is 5.03. The van der Waals surface area contributed by atoms with Crippen LogP contribution in [0, 0.1) is 0 Å². The first-order chi connectivity index (χ1) is 15.5. The zero-order valence-electron chi connectivity index (χ0n) is 18.4. The summed E-state index contributed by atoms with van der Waals surface area (Å²) < 4.78 is 7.76.